The zero-order valence-corrected chi connectivity index (χ0v) is 18.3. The fourth-order valence-electron chi connectivity index (χ4n) is 5.68. The Morgan fingerprint density at radius 3 is 2.68 bits per heavy atom. The van der Waals surface area contributed by atoms with Crippen LogP contribution in [0.4, 0.5) is 0 Å². The third-order valence-electron chi connectivity index (χ3n) is 7.14. The smallest absolute Gasteiger partial charge is 0.314 e. The zero-order valence-electron chi connectivity index (χ0n) is 18.3. The minimum absolute atomic E-state index is 0.102. The number of esters is 1. The van der Waals surface area contributed by atoms with Gasteiger partial charge < -0.3 is 14.0 Å². The highest BCUT2D eigenvalue weighted by Gasteiger charge is 2.47. The van der Waals surface area contributed by atoms with Gasteiger partial charge in [0.2, 0.25) is 0 Å². The van der Waals surface area contributed by atoms with Gasteiger partial charge in [0.1, 0.15) is 5.92 Å². The van der Waals surface area contributed by atoms with Gasteiger partial charge in [-0.2, -0.15) is 0 Å². The highest BCUT2D eigenvalue weighted by atomic mass is 16.5. The molecule has 5 nitrogen and oxygen atoms in total. The number of methoxy groups -OCH3 is 1. The van der Waals surface area contributed by atoms with Gasteiger partial charge in [0.25, 0.3) is 0 Å². The first-order valence-corrected chi connectivity index (χ1v) is 11.2. The lowest BCUT2D eigenvalue weighted by atomic mass is 9.71. The Morgan fingerprint density at radius 2 is 1.87 bits per heavy atom. The van der Waals surface area contributed by atoms with Crippen LogP contribution in [-0.4, -0.2) is 42.2 Å². The molecule has 162 valence electrons. The fraction of sp³-hybridized carbons (Fsp3) is 0.423. The van der Waals surface area contributed by atoms with E-state index in [0.717, 1.165) is 31.6 Å². The summed E-state index contributed by atoms with van der Waals surface area (Å²) in [6, 6.07) is 19.2. The van der Waals surface area contributed by atoms with Crippen LogP contribution in [0.2, 0.25) is 0 Å². The number of carbonyl (C=O) groups excluding carboxylic acids is 1. The molecule has 2 heterocycles. The molecule has 5 rings (SSSR count). The van der Waals surface area contributed by atoms with E-state index in [1.807, 2.05) is 18.2 Å². The van der Waals surface area contributed by atoms with Crippen molar-refractivity contribution >= 4 is 16.9 Å². The van der Waals surface area contributed by atoms with Gasteiger partial charge in [-0.3, -0.25) is 9.69 Å². The molecule has 1 fully saturated rings. The molecule has 0 saturated carbocycles. The van der Waals surface area contributed by atoms with Crippen LogP contribution in [0.3, 0.4) is 0 Å². The van der Waals surface area contributed by atoms with Gasteiger partial charge in [-0.25, -0.2) is 0 Å². The Bertz CT molecular complexity index is 1070. The third-order valence-corrected chi connectivity index (χ3v) is 7.14. The maximum Gasteiger partial charge on any atom is 0.314 e. The predicted molar refractivity (Wildman–Crippen MR) is 121 cm³/mol. The first kappa shape index (κ1) is 20.3. The van der Waals surface area contributed by atoms with Crippen molar-refractivity contribution in [1.82, 2.24) is 9.47 Å². The summed E-state index contributed by atoms with van der Waals surface area (Å²) in [5, 5.41) is 1.26. The van der Waals surface area contributed by atoms with Crippen LogP contribution in [0, 0.1) is 5.92 Å². The van der Waals surface area contributed by atoms with Crippen LogP contribution in [-0.2, 0) is 27.9 Å². The van der Waals surface area contributed by atoms with Gasteiger partial charge >= 0.3 is 5.97 Å². The fourth-order valence-corrected chi connectivity index (χ4v) is 5.68. The highest BCUT2D eigenvalue weighted by molar-refractivity contribution is 5.90. The number of benzene rings is 2. The molecule has 0 amide bonds. The topological polar surface area (TPSA) is 43.7 Å². The summed E-state index contributed by atoms with van der Waals surface area (Å²) in [7, 11) is 3.60. The molecule has 0 radical (unpaired) electrons. The molecule has 2 aromatic carbocycles. The second-order valence-corrected chi connectivity index (χ2v) is 8.75. The third kappa shape index (κ3) is 3.56. The normalized spacial score (nSPS) is 23.0. The number of nitrogens with zero attached hydrogens (tertiary/aromatic N) is 2. The maximum absolute atomic E-state index is 12.8. The Hall–Kier alpha value is -2.63. The van der Waals surface area contributed by atoms with Crippen molar-refractivity contribution in [2.45, 2.75) is 31.4 Å². The van der Waals surface area contributed by atoms with Crippen molar-refractivity contribution in [2.75, 3.05) is 26.8 Å². The largest absolute Gasteiger partial charge is 0.468 e. The Labute approximate surface area is 183 Å². The summed E-state index contributed by atoms with van der Waals surface area (Å²) >= 11 is 0. The number of fused-ring (bicyclic) bond motifs is 6. The van der Waals surface area contributed by atoms with Crippen LogP contribution in [0.15, 0.2) is 54.6 Å². The minimum atomic E-state index is -0.176. The van der Waals surface area contributed by atoms with E-state index in [1.54, 1.807) is 0 Å². The molecular weight excluding hydrogens is 388 g/mol. The first-order valence-electron chi connectivity index (χ1n) is 11.2. The van der Waals surface area contributed by atoms with Crippen LogP contribution < -0.4 is 0 Å². The molecular formula is C26H30N2O3. The van der Waals surface area contributed by atoms with E-state index >= 15 is 0 Å². The molecule has 0 unspecified atom stereocenters. The number of hydrogen-bond donors (Lipinski definition) is 0. The van der Waals surface area contributed by atoms with E-state index in [4.69, 9.17) is 9.47 Å². The number of para-hydroxylation sites is 1. The number of piperidine rings is 1. The average Bonchev–Trinajstić information content (AvgIpc) is 3.11. The lowest BCUT2D eigenvalue weighted by Crippen LogP contribution is -2.45. The van der Waals surface area contributed by atoms with Gasteiger partial charge in [-0.05, 0) is 42.5 Å². The molecule has 1 aliphatic carbocycles. The van der Waals surface area contributed by atoms with Crippen LogP contribution in [0.1, 0.15) is 41.6 Å². The molecule has 1 aromatic heterocycles. The van der Waals surface area contributed by atoms with E-state index in [9.17, 15) is 4.79 Å². The molecule has 1 aliphatic heterocycles. The molecule has 3 atom stereocenters. The van der Waals surface area contributed by atoms with Gasteiger partial charge in [-0.1, -0.05) is 48.5 Å². The molecule has 31 heavy (non-hydrogen) atoms. The molecule has 5 heteroatoms. The predicted octanol–water partition coefficient (Wildman–Crippen LogP) is 4.42. The number of ether oxygens (including phenoxy) is 2. The Morgan fingerprint density at radius 1 is 1.10 bits per heavy atom. The Balaban J connectivity index is 1.42. The van der Waals surface area contributed by atoms with Gasteiger partial charge in [0.05, 0.1) is 20.3 Å². The van der Waals surface area contributed by atoms with Crippen molar-refractivity contribution in [2.24, 2.45) is 13.0 Å². The number of aryl methyl sites for hydroxylation is 1. The lowest BCUT2D eigenvalue weighted by Gasteiger charge is -2.46. The van der Waals surface area contributed by atoms with Crippen molar-refractivity contribution in [3.63, 3.8) is 0 Å². The number of carbonyl (C=O) groups is 1. The summed E-state index contributed by atoms with van der Waals surface area (Å²) < 4.78 is 13.5. The van der Waals surface area contributed by atoms with Crippen molar-refractivity contribution in [1.29, 1.82) is 0 Å². The monoisotopic (exact) mass is 418 g/mol. The molecule has 3 aromatic rings. The minimum Gasteiger partial charge on any atom is -0.468 e. The van der Waals surface area contributed by atoms with E-state index in [0.29, 0.717) is 25.2 Å². The molecule has 0 N–H and O–H groups in total. The number of hydrogen-bond acceptors (Lipinski definition) is 4. The standard InChI is InChI=1S/C26H30N2O3/c1-27-21-11-7-6-10-20(21)24-22-16-19(23(25(24)27)26(29)30-2)12-13-28(22)14-15-31-17-18-8-4-3-5-9-18/h3-11,19,22-23H,12-17H2,1-2H3/t19-,22+,23+/m1/s1. The number of likely N-dealkylation sites (tertiary alicyclic amines) is 1. The van der Waals surface area contributed by atoms with E-state index in [1.165, 1.54) is 29.1 Å². The maximum atomic E-state index is 12.8. The van der Waals surface area contributed by atoms with E-state index in [2.05, 4.69) is 52.9 Å². The summed E-state index contributed by atoms with van der Waals surface area (Å²) in [5.41, 5.74) is 4.85. The van der Waals surface area contributed by atoms with E-state index < -0.39 is 0 Å². The molecule has 2 bridgehead atoms. The first-order chi connectivity index (χ1) is 15.2. The van der Waals surface area contributed by atoms with Crippen LogP contribution in [0.25, 0.3) is 10.9 Å². The molecule has 0 spiro atoms. The molecule has 1 saturated heterocycles. The van der Waals surface area contributed by atoms with Gasteiger partial charge in [0, 0.05) is 36.2 Å². The van der Waals surface area contributed by atoms with Crippen molar-refractivity contribution in [3.8, 4) is 0 Å². The van der Waals surface area contributed by atoms with Crippen LogP contribution >= 0.6 is 0 Å². The summed E-state index contributed by atoms with van der Waals surface area (Å²) in [5.74, 6) is 0.0508. The van der Waals surface area contributed by atoms with Crippen molar-refractivity contribution in [3.05, 3.63) is 71.4 Å². The van der Waals surface area contributed by atoms with Gasteiger partial charge in [-0.15, -0.1) is 0 Å². The Kier molecular flexibility index (Phi) is 5.55. The average molecular weight is 419 g/mol. The number of aromatic nitrogens is 1. The number of rotatable bonds is 6. The second kappa shape index (κ2) is 8.48. The summed E-state index contributed by atoms with van der Waals surface area (Å²) in [4.78, 5) is 15.4. The molecule has 2 aliphatic rings. The SMILES string of the molecule is COC(=O)[C@@H]1c2c(c3ccccc3n2C)[C@@H]2C[C@H]1CCN2CCOCc1ccccc1. The quantitative estimate of drug-likeness (QED) is 0.439. The summed E-state index contributed by atoms with van der Waals surface area (Å²) in [6.45, 7) is 3.23. The van der Waals surface area contributed by atoms with E-state index in [-0.39, 0.29) is 11.9 Å². The zero-order chi connectivity index (χ0) is 21.4. The summed E-state index contributed by atoms with van der Waals surface area (Å²) in [6.07, 6.45) is 2.01. The van der Waals surface area contributed by atoms with Crippen LogP contribution in [0.5, 0.6) is 0 Å². The second-order valence-electron chi connectivity index (χ2n) is 8.75. The van der Waals surface area contributed by atoms with Crippen molar-refractivity contribution < 1.29 is 14.3 Å². The lowest BCUT2D eigenvalue weighted by molar-refractivity contribution is -0.145. The van der Waals surface area contributed by atoms with Gasteiger partial charge in [0.15, 0.2) is 0 Å². The highest BCUT2D eigenvalue weighted by Crippen LogP contribution is 2.51.